The first-order valence-electron chi connectivity index (χ1n) is 7.77. The SMILES string of the molecule is Cc1ccccc1C1c2cccn2CCN1C(=O)C1CC1. The number of amides is 1. The Bertz CT molecular complexity index is 684. The van der Waals surface area contributed by atoms with Crippen LogP contribution in [-0.4, -0.2) is 21.9 Å². The normalized spacial score (nSPS) is 21.2. The summed E-state index contributed by atoms with van der Waals surface area (Å²) in [5.41, 5.74) is 3.75. The van der Waals surface area contributed by atoms with Gasteiger partial charge in [0, 0.05) is 30.9 Å². The second-order valence-corrected chi connectivity index (χ2v) is 6.19. The van der Waals surface area contributed by atoms with Gasteiger partial charge in [0.2, 0.25) is 5.91 Å². The van der Waals surface area contributed by atoms with Crippen LogP contribution in [0, 0.1) is 12.8 Å². The Balaban J connectivity index is 1.81. The lowest BCUT2D eigenvalue weighted by Gasteiger charge is -2.38. The molecule has 2 aliphatic rings. The van der Waals surface area contributed by atoms with Crippen molar-refractivity contribution in [2.45, 2.75) is 32.4 Å². The van der Waals surface area contributed by atoms with Gasteiger partial charge in [-0.3, -0.25) is 4.79 Å². The molecule has 0 N–H and O–H groups in total. The van der Waals surface area contributed by atoms with Gasteiger partial charge in [-0.15, -0.1) is 0 Å². The maximum atomic E-state index is 12.7. The van der Waals surface area contributed by atoms with E-state index in [1.165, 1.54) is 16.8 Å². The first-order chi connectivity index (χ1) is 10.3. The van der Waals surface area contributed by atoms with E-state index in [0.29, 0.717) is 5.91 Å². The van der Waals surface area contributed by atoms with Gasteiger partial charge in [0.05, 0.1) is 6.04 Å². The van der Waals surface area contributed by atoms with Gasteiger partial charge in [-0.05, 0) is 43.0 Å². The van der Waals surface area contributed by atoms with Gasteiger partial charge < -0.3 is 9.47 Å². The van der Waals surface area contributed by atoms with E-state index >= 15 is 0 Å². The standard InChI is InChI=1S/C18H20N2O/c1-13-5-2-3-6-15(13)17-16-7-4-10-19(16)11-12-20(17)18(21)14-8-9-14/h2-7,10,14,17H,8-9,11-12H2,1H3. The lowest BCUT2D eigenvalue weighted by Crippen LogP contribution is -2.43. The Hall–Kier alpha value is -2.03. The fourth-order valence-electron chi connectivity index (χ4n) is 3.41. The molecule has 0 radical (unpaired) electrons. The molecule has 0 bridgehead atoms. The maximum Gasteiger partial charge on any atom is 0.226 e. The molecule has 1 aliphatic carbocycles. The molecule has 1 amide bonds. The highest BCUT2D eigenvalue weighted by Gasteiger charge is 2.39. The molecule has 0 saturated heterocycles. The minimum atomic E-state index is 0.0723. The van der Waals surface area contributed by atoms with Crippen LogP contribution in [0.1, 0.15) is 35.7 Å². The molecule has 1 saturated carbocycles. The first-order valence-corrected chi connectivity index (χ1v) is 7.77. The van der Waals surface area contributed by atoms with Gasteiger partial charge in [0.1, 0.15) is 0 Å². The maximum absolute atomic E-state index is 12.7. The van der Waals surface area contributed by atoms with E-state index in [-0.39, 0.29) is 12.0 Å². The molecule has 2 heterocycles. The van der Waals surface area contributed by atoms with Crippen LogP contribution < -0.4 is 0 Å². The second kappa shape index (κ2) is 4.76. The fraction of sp³-hybridized carbons (Fsp3) is 0.389. The van der Waals surface area contributed by atoms with E-state index in [1.807, 2.05) is 0 Å². The van der Waals surface area contributed by atoms with Gasteiger partial charge in [-0.25, -0.2) is 0 Å². The van der Waals surface area contributed by atoms with Crippen LogP contribution in [0.25, 0.3) is 0 Å². The average Bonchev–Trinajstić information content (AvgIpc) is 3.24. The third-order valence-electron chi connectivity index (χ3n) is 4.73. The largest absolute Gasteiger partial charge is 0.348 e. The highest BCUT2D eigenvalue weighted by Crippen LogP contribution is 2.39. The van der Waals surface area contributed by atoms with Gasteiger partial charge >= 0.3 is 0 Å². The van der Waals surface area contributed by atoms with E-state index in [1.54, 1.807) is 0 Å². The molecule has 108 valence electrons. The minimum absolute atomic E-state index is 0.0723. The van der Waals surface area contributed by atoms with Crippen LogP contribution in [0.15, 0.2) is 42.6 Å². The van der Waals surface area contributed by atoms with Crippen LogP contribution in [0.2, 0.25) is 0 Å². The Morgan fingerprint density at radius 2 is 1.90 bits per heavy atom. The quantitative estimate of drug-likeness (QED) is 0.829. The zero-order chi connectivity index (χ0) is 14.4. The van der Waals surface area contributed by atoms with Crippen LogP contribution >= 0.6 is 0 Å². The summed E-state index contributed by atoms with van der Waals surface area (Å²) in [6, 6.07) is 12.8. The van der Waals surface area contributed by atoms with Crippen molar-refractivity contribution in [3.63, 3.8) is 0 Å². The Labute approximate surface area is 125 Å². The van der Waals surface area contributed by atoms with Crippen LogP contribution in [0.5, 0.6) is 0 Å². The molecule has 21 heavy (non-hydrogen) atoms. The highest BCUT2D eigenvalue weighted by atomic mass is 16.2. The molecule has 4 rings (SSSR count). The van der Waals surface area contributed by atoms with Gasteiger partial charge in [0.15, 0.2) is 0 Å². The molecule has 1 unspecified atom stereocenters. The second-order valence-electron chi connectivity index (χ2n) is 6.19. The molecular formula is C18H20N2O. The lowest BCUT2D eigenvalue weighted by atomic mass is 9.95. The third-order valence-corrected chi connectivity index (χ3v) is 4.73. The van der Waals surface area contributed by atoms with Crippen LogP contribution in [0.4, 0.5) is 0 Å². The molecule has 2 aromatic rings. The first kappa shape index (κ1) is 12.7. The molecular weight excluding hydrogens is 260 g/mol. The Morgan fingerprint density at radius 3 is 2.67 bits per heavy atom. The predicted octanol–water partition coefficient (Wildman–Crippen LogP) is 3.14. The van der Waals surface area contributed by atoms with Crippen LogP contribution in [-0.2, 0) is 11.3 Å². The molecule has 1 fully saturated rings. The van der Waals surface area contributed by atoms with E-state index in [4.69, 9.17) is 0 Å². The van der Waals surface area contributed by atoms with E-state index in [9.17, 15) is 4.79 Å². The number of hydrogen-bond acceptors (Lipinski definition) is 1. The van der Waals surface area contributed by atoms with Crippen molar-refractivity contribution in [1.29, 1.82) is 0 Å². The fourth-order valence-corrected chi connectivity index (χ4v) is 3.41. The summed E-state index contributed by atoms with van der Waals surface area (Å²) in [4.78, 5) is 14.8. The number of benzene rings is 1. The van der Waals surface area contributed by atoms with E-state index in [0.717, 1.165) is 25.9 Å². The molecule has 1 aromatic heterocycles. The number of carbonyl (C=O) groups is 1. The monoisotopic (exact) mass is 280 g/mol. The number of fused-ring (bicyclic) bond motifs is 1. The average molecular weight is 280 g/mol. The molecule has 1 atom stereocenters. The summed E-state index contributed by atoms with van der Waals surface area (Å²) in [6.07, 6.45) is 4.26. The summed E-state index contributed by atoms with van der Waals surface area (Å²) >= 11 is 0. The van der Waals surface area contributed by atoms with Crippen molar-refractivity contribution in [3.05, 3.63) is 59.4 Å². The minimum Gasteiger partial charge on any atom is -0.348 e. The summed E-state index contributed by atoms with van der Waals surface area (Å²) in [5.74, 6) is 0.619. The third kappa shape index (κ3) is 2.08. The van der Waals surface area contributed by atoms with E-state index < -0.39 is 0 Å². The molecule has 1 aliphatic heterocycles. The van der Waals surface area contributed by atoms with Gasteiger partial charge in [0.25, 0.3) is 0 Å². The number of hydrogen-bond donors (Lipinski definition) is 0. The van der Waals surface area contributed by atoms with E-state index in [2.05, 4.69) is 59.0 Å². The predicted molar refractivity (Wildman–Crippen MR) is 81.9 cm³/mol. The van der Waals surface area contributed by atoms with Crippen LogP contribution in [0.3, 0.4) is 0 Å². The number of carbonyl (C=O) groups excluding carboxylic acids is 1. The molecule has 3 heteroatoms. The molecule has 1 aromatic carbocycles. The summed E-state index contributed by atoms with van der Waals surface area (Å²) < 4.78 is 2.29. The van der Waals surface area contributed by atoms with Crippen molar-refractivity contribution in [2.75, 3.05) is 6.54 Å². The summed E-state index contributed by atoms with van der Waals surface area (Å²) in [5, 5.41) is 0. The topological polar surface area (TPSA) is 25.2 Å². The molecule has 3 nitrogen and oxygen atoms in total. The smallest absolute Gasteiger partial charge is 0.226 e. The van der Waals surface area contributed by atoms with Crippen molar-refractivity contribution < 1.29 is 4.79 Å². The number of aromatic nitrogens is 1. The summed E-state index contributed by atoms with van der Waals surface area (Å²) in [7, 11) is 0. The Kier molecular flexibility index (Phi) is 2.88. The number of rotatable bonds is 2. The number of nitrogens with zero attached hydrogens (tertiary/aromatic N) is 2. The summed E-state index contributed by atoms with van der Waals surface area (Å²) in [6.45, 7) is 3.86. The lowest BCUT2D eigenvalue weighted by molar-refractivity contribution is -0.135. The highest BCUT2D eigenvalue weighted by molar-refractivity contribution is 5.82. The van der Waals surface area contributed by atoms with Gasteiger partial charge in [-0.2, -0.15) is 0 Å². The number of aryl methyl sites for hydroxylation is 1. The van der Waals surface area contributed by atoms with Gasteiger partial charge in [-0.1, -0.05) is 24.3 Å². The van der Waals surface area contributed by atoms with Crippen molar-refractivity contribution in [3.8, 4) is 0 Å². The van der Waals surface area contributed by atoms with Crippen molar-refractivity contribution in [2.24, 2.45) is 5.92 Å². The van der Waals surface area contributed by atoms with Crippen molar-refractivity contribution >= 4 is 5.91 Å². The van der Waals surface area contributed by atoms with Crippen molar-refractivity contribution in [1.82, 2.24) is 9.47 Å². The molecule has 0 spiro atoms. The zero-order valence-corrected chi connectivity index (χ0v) is 12.3. The Morgan fingerprint density at radius 1 is 1.10 bits per heavy atom. The zero-order valence-electron chi connectivity index (χ0n) is 12.3.